The molecule has 2 aromatic rings. The summed E-state index contributed by atoms with van der Waals surface area (Å²) in [5.74, 6) is 1.41. The first-order valence-corrected chi connectivity index (χ1v) is 11.1. The SMILES string of the molecule is COc1ccc(N2CCN(C3=NS(=O)(=O)C(c4ccc(C)cc4)=C3C)CC2)cc1. The van der Waals surface area contributed by atoms with Gasteiger partial charge in [-0.25, -0.2) is 0 Å². The molecule has 0 atom stereocenters. The lowest BCUT2D eigenvalue weighted by Gasteiger charge is -2.37. The van der Waals surface area contributed by atoms with E-state index >= 15 is 0 Å². The Balaban J connectivity index is 1.52. The highest BCUT2D eigenvalue weighted by atomic mass is 32.2. The van der Waals surface area contributed by atoms with Crippen molar-refractivity contribution in [3.8, 4) is 5.75 Å². The molecule has 2 aliphatic heterocycles. The molecule has 0 spiro atoms. The predicted octanol–water partition coefficient (Wildman–Crippen LogP) is 3.30. The van der Waals surface area contributed by atoms with Crippen LogP contribution in [0.2, 0.25) is 0 Å². The van der Waals surface area contributed by atoms with Gasteiger partial charge in [0.2, 0.25) is 0 Å². The lowest BCUT2D eigenvalue weighted by atomic mass is 10.1. The average Bonchev–Trinajstić information content (AvgIpc) is 2.98. The molecule has 0 saturated carbocycles. The molecule has 2 aliphatic rings. The third kappa shape index (κ3) is 3.74. The van der Waals surface area contributed by atoms with Gasteiger partial charge in [0.25, 0.3) is 10.0 Å². The zero-order chi connectivity index (χ0) is 20.6. The number of benzene rings is 2. The Morgan fingerprint density at radius 3 is 2.03 bits per heavy atom. The molecule has 0 bridgehead atoms. The molecule has 7 heteroatoms. The zero-order valence-electron chi connectivity index (χ0n) is 16.9. The van der Waals surface area contributed by atoms with Gasteiger partial charge in [0.05, 0.1) is 7.11 Å². The smallest absolute Gasteiger partial charge is 0.285 e. The summed E-state index contributed by atoms with van der Waals surface area (Å²) >= 11 is 0. The number of aryl methyl sites for hydroxylation is 1. The van der Waals surface area contributed by atoms with Crippen LogP contribution in [0, 0.1) is 6.92 Å². The molecule has 0 aromatic heterocycles. The largest absolute Gasteiger partial charge is 0.497 e. The number of hydrogen-bond donors (Lipinski definition) is 0. The summed E-state index contributed by atoms with van der Waals surface area (Å²) in [4.78, 5) is 4.69. The summed E-state index contributed by atoms with van der Waals surface area (Å²) in [6.07, 6.45) is 0. The molecule has 0 amide bonds. The van der Waals surface area contributed by atoms with Crippen molar-refractivity contribution < 1.29 is 13.2 Å². The molecule has 0 radical (unpaired) electrons. The van der Waals surface area contributed by atoms with E-state index in [1.807, 2.05) is 62.4 Å². The third-order valence-corrected chi connectivity index (χ3v) is 6.94. The van der Waals surface area contributed by atoms with Crippen LogP contribution in [0.1, 0.15) is 18.1 Å². The summed E-state index contributed by atoms with van der Waals surface area (Å²) in [5, 5.41) is 0. The molecule has 152 valence electrons. The molecule has 0 aliphatic carbocycles. The first-order valence-electron chi connectivity index (χ1n) is 9.66. The quantitative estimate of drug-likeness (QED) is 0.776. The predicted molar refractivity (Wildman–Crippen MR) is 117 cm³/mol. The van der Waals surface area contributed by atoms with Crippen LogP contribution in [0.5, 0.6) is 5.75 Å². The van der Waals surface area contributed by atoms with Gasteiger partial charge in [-0.3, -0.25) is 0 Å². The van der Waals surface area contributed by atoms with Crippen molar-refractivity contribution in [3.63, 3.8) is 0 Å². The van der Waals surface area contributed by atoms with Gasteiger partial charge in [0.1, 0.15) is 16.5 Å². The van der Waals surface area contributed by atoms with E-state index in [-0.39, 0.29) is 0 Å². The summed E-state index contributed by atoms with van der Waals surface area (Å²) in [5.41, 5.74) is 3.66. The second-order valence-corrected chi connectivity index (χ2v) is 8.92. The minimum absolute atomic E-state index is 0.324. The van der Waals surface area contributed by atoms with Crippen molar-refractivity contribution in [2.45, 2.75) is 13.8 Å². The minimum atomic E-state index is -3.68. The van der Waals surface area contributed by atoms with Gasteiger partial charge in [0, 0.05) is 37.4 Å². The monoisotopic (exact) mass is 411 g/mol. The first kappa shape index (κ1) is 19.5. The van der Waals surface area contributed by atoms with Gasteiger partial charge >= 0.3 is 0 Å². The highest BCUT2D eigenvalue weighted by molar-refractivity contribution is 8.00. The van der Waals surface area contributed by atoms with E-state index in [2.05, 4.69) is 14.2 Å². The van der Waals surface area contributed by atoms with Crippen molar-refractivity contribution in [3.05, 3.63) is 65.2 Å². The Morgan fingerprint density at radius 1 is 0.862 bits per heavy atom. The van der Waals surface area contributed by atoms with Gasteiger partial charge in [-0.1, -0.05) is 29.8 Å². The van der Waals surface area contributed by atoms with E-state index in [9.17, 15) is 8.42 Å². The fraction of sp³-hybridized carbons (Fsp3) is 0.318. The Labute approximate surface area is 172 Å². The standard InChI is InChI=1S/C22H25N3O3S/c1-16-4-6-18(7-5-16)21-17(2)22(23-29(21,26)27)25-14-12-24(13-15-25)19-8-10-20(28-3)11-9-19/h4-11H,12-15H2,1-3H3. The summed E-state index contributed by atoms with van der Waals surface area (Å²) < 4.78 is 34.9. The second-order valence-electron chi connectivity index (χ2n) is 7.38. The average molecular weight is 412 g/mol. The first-order chi connectivity index (χ1) is 13.9. The van der Waals surface area contributed by atoms with Crippen molar-refractivity contribution in [2.24, 2.45) is 4.40 Å². The number of anilines is 1. The van der Waals surface area contributed by atoms with E-state index in [1.165, 1.54) is 0 Å². The molecule has 2 heterocycles. The number of hydrogen-bond acceptors (Lipinski definition) is 5. The van der Waals surface area contributed by atoms with Crippen LogP contribution in [0.4, 0.5) is 5.69 Å². The van der Waals surface area contributed by atoms with E-state index < -0.39 is 10.0 Å². The third-order valence-electron chi connectivity index (χ3n) is 5.47. The fourth-order valence-electron chi connectivity index (χ4n) is 3.86. The Hall–Kier alpha value is -2.80. The molecule has 0 unspecified atom stereocenters. The van der Waals surface area contributed by atoms with Crippen molar-refractivity contribution in [2.75, 3.05) is 38.2 Å². The molecule has 1 fully saturated rings. The highest BCUT2D eigenvalue weighted by Crippen LogP contribution is 2.34. The van der Waals surface area contributed by atoms with Gasteiger partial charge in [-0.2, -0.15) is 8.42 Å². The number of rotatable bonds is 3. The molecular formula is C22H25N3O3S. The van der Waals surface area contributed by atoms with E-state index in [4.69, 9.17) is 4.74 Å². The maximum atomic E-state index is 12.8. The molecule has 2 aromatic carbocycles. The number of amidine groups is 1. The number of methoxy groups -OCH3 is 1. The molecule has 29 heavy (non-hydrogen) atoms. The summed E-state index contributed by atoms with van der Waals surface area (Å²) in [7, 11) is -2.02. The normalized spacial score (nSPS) is 18.8. The van der Waals surface area contributed by atoms with E-state index in [1.54, 1.807) is 7.11 Å². The van der Waals surface area contributed by atoms with Crippen LogP contribution >= 0.6 is 0 Å². The van der Waals surface area contributed by atoms with Gasteiger partial charge in [-0.05, 0) is 43.7 Å². The second kappa shape index (κ2) is 7.55. The maximum Gasteiger partial charge on any atom is 0.285 e. The van der Waals surface area contributed by atoms with Crippen molar-refractivity contribution in [1.29, 1.82) is 0 Å². The number of nitrogens with zero attached hydrogens (tertiary/aromatic N) is 3. The Bertz CT molecular complexity index is 1060. The molecule has 1 saturated heterocycles. The van der Waals surface area contributed by atoms with Crippen LogP contribution in [-0.4, -0.2) is 52.4 Å². The van der Waals surface area contributed by atoms with Crippen LogP contribution < -0.4 is 9.64 Å². The van der Waals surface area contributed by atoms with Gasteiger partial charge in [-0.15, -0.1) is 4.40 Å². The summed E-state index contributed by atoms with van der Waals surface area (Å²) in [6, 6.07) is 15.6. The van der Waals surface area contributed by atoms with Crippen molar-refractivity contribution in [1.82, 2.24) is 4.90 Å². The number of sulfonamides is 1. The maximum absolute atomic E-state index is 12.8. The van der Waals surface area contributed by atoms with Crippen LogP contribution in [-0.2, 0) is 10.0 Å². The lowest BCUT2D eigenvalue weighted by molar-refractivity contribution is 0.386. The van der Waals surface area contributed by atoms with Gasteiger partial charge in [0.15, 0.2) is 0 Å². The highest BCUT2D eigenvalue weighted by Gasteiger charge is 2.34. The minimum Gasteiger partial charge on any atom is -0.497 e. The summed E-state index contributed by atoms with van der Waals surface area (Å²) in [6.45, 7) is 6.89. The van der Waals surface area contributed by atoms with Crippen LogP contribution in [0.25, 0.3) is 4.91 Å². The van der Waals surface area contributed by atoms with Crippen LogP contribution in [0.15, 0.2) is 58.5 Å². The number of piperazine rings is 1. The molecular weight excluding hydrogens is 386 g/mol. The lowest BCUT2D eigenvalue weighted by Crippen LogP contribution is -2.48. The Morgan fingerprint density at radius 2 is 1.45 bits per heavy atom. The van der Waals surface area contributed by atoms with Gasteiger partial charge < -0.3 is 14.5 Å². The number of ether oxygens (including phenoxy) is 1. The van der Waals surface area contributed by atoms with Crippen molar-refractivity contribution >= 4 is 26.5 Å². The topological polar surface area (TPSA) is 62.2 Å². The Kier molecular flexibility index (Phi) is 5.08. The molecule has 6 nitrogen and oxygen atoms in total. The zero-order valence-corrected chi connectivity index (χ0v) is 17.7. The van der Waals surface area contributed by atoms with E-state index in [0.29, 0.717) is 16.3 Å². The fourth-order valence-corrected chi connectivity index (χ4v) is 5.34. The van der Waals surface area contributed by atoms with Crippen LogP contribution in [0.3, 0.4) is 0 Å². The molecule has 0 N–H and O–H groups in total. The van der Waals surface area contributed by atoms with E-state index in [0.717, 1.165) is 48.8 Å². The molecule has 4 rings (SSSR count).